The summed E-state index contributed by atoms with van der Waals surface area (Å²) >= 11 is 0. The van der Waals surface area contributed by atoms with Crippen molar-refractivity contribution in [2.24, 2.45) is 0 Å². The number of nitrogen functional groups attached to an aromatic ring is 1. The van der Waals surface area contributed by atoms with Crippen molar-refractivity contribution in [3.05, 3.63) is 84.5 Å². The van der Waals surface area contributed by atoms with E-state index in [0.29, 0.717) is 60.2 Å². The Morgan fingerprint density at radius 1 is 1.02 bits per heavy atom. The number of carbonyl (C=O) groups is 1. The molecule has 5 aromatic rings. The number of hydrogen-bond donors (Lipinski definition) is 3. The highest BCUT2D eigenvalue weighted by atomic mass is 16.3. The topological polar surface area (TPSA) is 147 Å². The van der Waals surface area contributed by atoms with E-state index in [9.17, 15) is 9.90 Å². The van der Waals surface area contributed by atoms with E-state index in [4.69, 9.17) is 10.2 Å². The molecule has 6 rings (SSSR count). The van der Waals surface area contributed by atoms with E-state index in [1.165, 1.54) is 6.26 Å². The molecule has 4 heterocycles. The van der Waals surface area contributed by atoms with Crippen molar-refractivity contribution < 1.29 is 14.3 Å². The van der Waals surface area contributed by atoms with Crippen molar-refractivity contribution in [2.45, 2.75) is 0 Å². The third-order valence-corrected chi connectivity index (χ3v) is 6.83. The summed E-state index contributed by atoms with van der Waals surface area (Å²) in [7, 11) is 0. The first-order valence-electron chi connectivity index (χ1n) is 13.0. The normalized spacial score (nSPS) is 13.1. The number of nitrogens with two attached hydrogens (primary N) is 1. The number of fused-ring (bicyclic) bond motifs is 1. The molecule has 0 atom stereocenters. The second kappa shape index (κ2) is 11.2. The monoisotopic (exact) mass is 546 g/mol. The summed E-state index contributed by atoms with van der Waals surface area (Å²) in [6.07, 6.45) is 3.13. The molecule has 0 radical (unpaired) electrons. The van der Waals surface area contributed by atoms with Crippen LogP contribution in [0.4, 0.5) is 17.3 Å². The minimum absolute atomic E-state index is 0.138. The quantitative estimate of drug-likeness (QED) is 0.281. The van der Waals surface area contributed by atoms with Crippen LogP contribution in [0.1, 0.15) is 16.2 Å². The molecule has 1 amide bonds. The molecule has 2 aromatic carbocycles. The number of nitrogens with zero attached hydrogens (tertiary/aromatic N) is 6. The number of benzene rings is 2. The summed E-state index contributed by atoms with van der Waals surface area (Å²) in [4.78, 5) is 25.7. The van der Waals surface area contributed by atoms with E-state index in [-0.39, 0.29) is 18.2 Å². The maximum Gasteiger partial charge on any atom is 0.255 e. The predicted molar refractivity (Wildman–Crippen MR) is 155 cm³/mol. The highest BCUT2D eigenvalue weighted by Gasteiger charge is 2.22. The number of aromatic hydroxyl groups is 1. The van der Waals surface area contributed by atoms with Gasteiger partial charge in [0.25, 0.3) is 5.91 Å². The lowest BCUT2D eigenvalue weighted by Gasteiger charge is -2.36. The Labute approximate surface area is 235 Å². The van der Waals surface area contributed by atoms with Gasteiger partial charge in [0.05, 0.1) is 23.5 Å². The molecular weight excluding hydrogens is 520 g/mol. The number of carbonyl (C=O) groups excluding carboxylic acids is 1. The largest absolute Gasteiger partial charge is 0.507 e. The zero-order chi connectivity index (χ0) is 28.2. The first-order valence-corrected chi connectivity index (χ1v) is 13.0. The second-order valence-corrected chi connectivity index (χ2v) is 9.36. The minimum atomic E-state index is -0.255. The molecule has 11 nitrogen and oxygen atoms in total. The summed E-state index contributed by atoms with van der Waals surface area (Å²) < 4.78 is 5.44. The molecule has 1 saturated heterocycles. The number of piperazine rings is 1. The Kier molecular flexibility index (Phi) is 7.02. The van der Waals surface area contributed by atoms with Gasteiger partial charge in [0.2, 0.25) is 5.82 Å². The molecule has 1 aliphatic heterocycles. The van der Waals surface area contributed by atoms with Crippen LogP contribution >= 0.6 is 0 Å². The van der Waals surface area contributed by atoms with Crippen LogP contribution in [0.2, 0.25) is 0 Å². The van der Waals surface area contributed by atoms with E-state index in [1.807, 2.05) is 42.5 Å². The van der Waals surface area contributed by atoms with E-state index in [0.717, 1.165) is 16.9 Å². The SMILES string of the molecule is Nc1nnc(-c2ccccc2O)cc1N1CCN(c2ccnc(C#CCNC(=O)c3coc4ccccc34)n2)CC1. The number of nitrogens with one attached hydrogen (secondary N) is 1. The first-order chi connectivity index (χ1) is 20.1. The number of anilines is 3. The molecule has 4 N–H and O–H groups in total. The third kappa shape index (κ3) is 5.44. The number of rotatable bonds is 5. The molecule has 0 aliphatic carbocycles. The van der Waals surface area contributed by atoms with Gasteiger partial charge in [-0.3, -0.25) is 4.79 Å². The van der Waals surface area contributed by atoms with Crippen LogP contribution in [-0.2, 0) is 0 Å². The van der Waals surface area contributed by atoms with Crippen molar-refractivity contribution in [3.8, 4) is 28.8 Å². The number of hydrogen-bond acceptors (Lipinski definition) is 10. The second-order valence-electron chi connectivity index (χ2n) is 9.36. The van der Waals surface area contributed by atoms with E-state index in [1.54, 1.807) is 24.4 Å². The molecule has 0 spiro atoms. The summed E-state index contributed by atoms with van der Waals surface area (Å²) in [5.41, 5.74) is 9.24. The van der Waals surface area contributed by atoms with Gasteiger partial charge in [0.1, 0.15) is 23.4 Å². The van der Waals surface area contributed by atoms with Gasteiger partial charge in [-0.25, -0.2) is 9.97 Å². The fourth-order valence-electron chi connectivity index (χ4n) is 4.72. The fraction of sp³-hybridized carbons (Fsp3) is 0.167. The van der Waals surface area contributed by atoms with Gasteiger partial charge in [-0.15, -0.1) is 10.2 Å². The average molecular weight is 547 g/mol. The van der Waals surface area contributed by atoms with Crippen molar-refractivity contribution in [3.63, 3.8) is 0 Å². The molecule has 1 aliphatic rings. The van der Waals surface area contributed by atoms with E-state index in [2.05, 4.69) is 47.1 Å². The zero-order valence-electron chi connectivity index (χ0n) is 22.0. The zero-order valence-corrected chi connectivity index (χ0v) is 22.0. The molecule has 204 valence electrons. The number of amides is 1. The van der Waals surface area contributed by atoms with Crippen molar-refractivity contribution in [2.75, 3.05) is 48.3 Å². The Hall–Kier alpha value is -5.63. The van der Waals surface area contributed by atoms with Crippen LogP contribution in [0, 0.1) is 11.8 Å². The van der Waals surface area contributed by atoms with Crippen LogP contribution in [0.3, 0.4) is 0 Å². The van der Waals surface area contributed by atoms with Crippen LogP contribution in [-0.4, -0.2) is 63.9 Å². The van der Waals surface area contributed by atoms with Gasteiger partial charge in [-0.1, -0.05) is 36.3 Å². The van der Waals surface area contributed by atoms with Gasteiger partial charge in [-0.05, 0) is 36.3 Å². The molecule has 41 heavy (non-hydrogen) atoms. The number of aromatic nitrogens is 4. The van der Waals surface area contributed by atoms with Crippen LogP contribution in [0.15, 0.2) is 77.5 Å². The molecule has 1 fully saturated rings. The fourth-order valence-corrected chi connectivity index (χ4v) is 4.72. The smallest absolute Gasteiger partial charge is 0.255 e. The molecule has 0 saturated carbocycles. The lowest BCUT2D eigenvalue weighted by molar-refractivity contribution is 0.0959. The summed E-state index contributed by atoms with van der Waals surface area (Å²) in [6, 6.07) is 18.1. The van der Waals surface area contributed by atoms with Crippen LogP contribution < -0.4 is 20.9 Å². The molecule has 11 heteroatoms. The van der Waals surface area contributed by atoms with Gasteiger partial charge in [0, 0.05) is 43.3 Å². The maximum absolute atomic E-state index is 12.5. The van der Waals surface area contributed by atoms with Crippen molar-refractivity contribution in [1.82, 2.24) is 25.5 Å². The molecular formula is C30H26N8O3. The van der Waals surface area contributed by atoms with Crippen molar-refractivity contribution in [1.29, 1.82) is 0 Å². The molecule has 3 aromatic heterocycles. The third-order valence-electron chi connectivity index (χ3n) is 6.83. The van der Waals surface area contributed by atoms with Gasteiger partial charge < -0.3 is 30.4 Å². The van der Waals surface area contributed by atoms with Crippen molar-refractivity contribution >= 4 is 34.2 Å². The van der Waals surface area contributed by atoms with E-state index >= 15 is 0 Å². The average Bonchev–Trinajstić information content (AvgIpc) is 3.45. The predicted octanol–water partition coefficient (Wildman–Crippen LogP) is 3.08. The Balaban J connectivity index is 1.07. The molecule has 0 bridgehead atoms. The lowest BCUT2D eigenvalue weighted by Crippen LogP contribution is -2.47. The number of phenolic OH excluding ortho intramolecular Hbond substituents is 1. The summed E-state index contributed by atoms with van der Waals surface area (Å²) in [6.45, 7) is 2.93. The lowest BCUT2D eigenvalue weighted by atomic mass is 10.1. The standard InChI is InChI=1S/C30H26N8O3/c31-29-24(18-23(35-36-29)21-7-1-3-8-25(21)39)37-14-16-38(17-15-37)28-11-13-32-27(34-28)10-5-12-33-30(40)22-19-41-26-9-4-2-6-20(22)26/h1-4,6-9,11,13,18-19,39H,12,14-17H2,(H2,31,36)(H,33,40). The van der Waals surface area contributed by atoms with E-state index < -0.39 is 0 Å². The summed E-state index contributed by atoms with van der Waals surface area (Å²) in [5.74, 6) is 7.22. The highest BCUT2D eigenvalue weighted by Crippen LogP contribution is 2.32. The van der Waals surface area contributed by atoms with Crippen LogP contribution in [0.25, 0.3) is 22.2 Å². The number of phenols is 1. The number of para-hydroxylation sites is 2. The Morgan fingerprint density at radius 2 is 1.80 bits per heavy atom. The minimum Gasteiger partial charge on any atom is -0.507 e. The molecule has 0 unspecified atom stereocenters. The van der Waals surface area contributed by atoms with Gasteiger partial charge in [-0.2, -0.15) is 0 Å². The van der Waals surface area contributed by atoms with Gasteiger partial charge >= 0.3 is 0 Å². The van der Waals surface area contributed by atoms with Gasteiger partial charge in [0.15, 0.2) is 5.82 Å². The Morgan fingerprint density at radius 3 is 2.66 bits per heavy atom. The summed E-state index contributed by atoms with van der Waals surface area (Å²) in [5, 5.41) is 22.1. The Bertz CT molecular complexity index is 1780. The highest BCUT2D eigenvalue weighted by molar-refractivity contribution is 6.05. The first kappa shape index (κ1) is 25.6. The van der Waals surface area contributed by atoms with Crippen LogP contribution in [0.5, 0.6) is 5.75 Å². The number of furan rings is 1. The maximum atomic E-state index is 12.5.